The van der Waals surface area contributed by atoms with E-state index in [4.69, 9.17) is 4.74 Å². The van der Waals surface area contributed by atoms with Crippen LogP contribution in [-0.2, 0) is 4.79 Å². The lowest BCUT2D eigenvalue weighted by Crippen LogP contribution is -2.27. The van der Waals surface area contributed by atoms with Crippen molar-refractivity contribution in [3.63, 3.8) is 0 Å². The molecule has 7 heteroatoms. The summed E-state index contributed by atoms with van der Waals surface area (Å²) >= 11 is 2.98. The minimum Gasteiger partial charge on any atom is -0.423 e. The maximum atomic E-state index is 12.7. The maximum absolute atomic E-state index is 12.7. The third-order valence-electron chi connectivity index (χ3n) is 4.29. The van der Waals surface area contributed by atoms with Gasteiger partial charge in [-0.2, -0.15) is 0 Å². The van der Waals surface area contributed by atoms with Gasteiger partial charge in [0.2, 0.25) is 0 Å². The molecule has 4 rings (SSSR count). The van der Waals surface area contributed by atoms with Gasteiger partial charge in [0, 0.05) is 3.57 Å². The molecule has 0 spiro atoms. The minimum absolute atomic E-state index is 0.333. The zero-order chi connectivity index (χ0) is 21.1. The number of anilines is 1. The molecule has 0 bridgehead atoms. The van der Waals surface area contributed by atoms with Crippen LogP contribution in [0.25, 0.3) is 6.08 Å². The number of hydrogen-bond acceptors (Lipinski definition) is 5. The summed E-state index contributed by atoms with van der Waals surface area (Å²) in [6, 6.07) is 22.8. The van der Waals surface area contributed by atoms with Crippen LogP contribution in [0.15, 0.2) is 83.8 Å². The zero-order valence-electron chi connectivity index (χ0n) is 15.4. The minimum atomic E-state index is -0.434. The number of para-hydroxylation sites is 1. The molecule has 1 aliphatic heterocycles. The van der Waals surface area contributed by atoms with Gasteiger partial charge in [0.05, 0.1) is 16.2 Å². The fraction of sp³-hybridized carbons (Fsp3) is 0. The van der Waals surface area contributed by atoms with Gasteiger partial charge in [0.25, 0.3) is 11.1 Å². The number of thioether (sulfide) groups is 1. The van der Waals surface area contributed by atoms with Crippen molar-refractivity contribution in [2.75, 3.05) is 4.90 Å². The van der Waals surface area contributed by atoms with Gasteiger partial charge in [-0.05, 0) is 82.4 Å². The largest absolute Gasteiger partial charge is 0.423 e. The predicted molar refractivity (Wildman–Crippen MR) is 125 cm³/mol. The van der Waals surface area contributed by atoms with Crippen molar-refractivity contribution in [1.29, 1.82) is 0 Å². The molecule has 0 saturated carbocycles. The molecule has 1 heterocycles. The highest BCUT2D eigenvalue weighted by molar-refractivity contribution is 14.1. The molecular formula is C23H14INO4S. The number of carbonyl (C=O) groups is 3. The lowest BCUT2D eigenvalue weighted by Gasteiger charge is -2.11. The maximum Gasteiger partial charge on any atom is 0.344 e. The Hall–Kier alpha value is -2.91. The molecule has 3 aromatic carbocycles. The number of rotatable bonds is 4. The van der Waals surface area contributed by atoms with Gasteiger partial charge in [-0.3, -0.25) is 9.59 Å². The molecule has 3 aromatic rings. The predicted octanol–water partition coefficient (Wildman–Crippen LogP) is 5.75. The SMILES string of the molecule is O=C(Oc1ccc(/C=C2\SC(=O)N(c3ccccc3)C2=O)cc1)c1ccccc1I. The molecule has 0 aliphatic carbocycles. The molecule has 0 aromatic heterocycles. The second-order valence-corrected chi connectivity index (χ2v) is 8.45. The lowest BCUT2D eigenvalue weighted by atomic mass is 10.2. The average molecular weight is 527 g/mol. The number of imide groups is 1. The first-order chi connectivity index (χ1) is 14.5. The van der Waals surface area contributed by atoms with Gasteiger partial charge in [-0.15, -0.1) is 0 Å². The standard InChI is InChI=1S/C23H14INO4S/c24-19-9-5-4-8-18(19)22(27)29-17-12-10-15(11-13-17)14-20-21(26)25(23(28)30-20)16-6-2-1-3-7-16/h1-14H/b20-14-. The van der Waals surface area contributed by atoms with E-state index in [-0.39, 0.29) is 11.1 Å². The smallest absolute Gasteiger partial charge is 0.344 e. The van der Waals surface area contributed by atoms with Crippen molar-refractivity contribution in [1.82, 2.24) is 0 Å². The van der Waals surface area contributed by atoms with E-state index in [9.17, 15) is 14.4 Å². The van der Waals surface area contributed by atoms with Crippen LogP contribution in [0.2, 0.25) is 0 Å². The highest BCUT2D eigenvalue weighted by atomic mass is 127. The molecule has 5 nitrogen and oxygen atoms in total. The Kier molecular flexibility index (Phi) is 6.01. The Balaban J connectivity index is 1.49. The van der Waals surface area contributed by atoms with Gasteiger partial charge < -0.3 is 4.74 Å². The van der Waals surface area contributed by atoms with E-state index in [0.717, 1.165) is 25.8 Å². The second-order valence-electron chi connectivity index (χ2n) is 6.29. The Morgan fingerprint density at radius 1 is 0.900 bits per heavy atom. The van der Waals surface area contributed by atoms with Crippen molar-refractivity contribution in [2.24, 2.45) is 0 Å². The normalized spacial score (nSPS) is 15.0. The van der Waals surface area contributed by atoms with Gasteiger partial charge in [0.1, 0.15) is 5.75 Å². The third kappa shape index (κ3) is 4.31. The Morgan fingerprint density at radius 3 is 2.27 bits per heavy atom. The van der Waals surface area contributed by atoms with E-state index >= 15 is 0 Å². The van der Waals surface area contributed by atoms with Crippen molar-refractivity contribution >= 4 is 63.2 Å². The van der Waals surface area contributed by atoms with E-state index in [2.05, 4.69) is 22.6 Å². The van der Waals surface area contributed by atoms with Crippen molar-refractivity contribution < 1.29 is 19.1 Å². The number of nitrogens with zero attached hydrogens (tertiary/aromatic N) is 1. The molecule has 1 aliphatic rings. The summed E-state index contributed by atoms with van der Waals surface area (Å²) in [5.41, 5.74) is 1.76. The Morgan fingerprint density at radius 2 is 1.57 bits per heavy atom. The topological polar surface area (TPSA) is 63.7 Å². The fourth-order valence-corrected chi connectivity index (χ4v) is 4.29. The van der Waals surface area contributed by atoms with Crippen LogP contribution in [0.5, 0.6) is 5.75 Å². The summed E-state index contributed by atoms with van der Waals surface area (Å²) in [6.45, 7) is 0. The van der Waals surface area contributed by atoms with Crippen LogP contribution in [-0.4, -0.2) is 17.1 Å². The first-order valence-electron chi connectivity index (χ1n) is 8.93. The summed E-state index contributed by atoms with van der Waals surface area (Å²) in [5.74, 6) is -0.392. The van der Waals surface area contributed by atoms with Gasteiger partial charge in [0.15, 0.2) is 0 Å². The summed E-state index contributed by atoms with van der Waals surface area (Å²) in [6.07, 6.45) is 1.65. The van der Waals surface area contributed by atoms with Crippen molar-refractivity contribution in [3.05, 3.63) is 98.5 Å². The molecule has 1 saturated heterocycles. The molecule has 0 atom stereocenters. The van der Waals surface area contributed by atoms with Crippen molar-refractivity contribution in [3.8, 4) is 5.75 Å². The molecule has 0 N–H and O–H groups in total. The molecule has 148 valence electrons. The van der Waals surface area contributed by atoms with Crippen LogP contribution in [0, 0.1) is 3.57 Å². The molecule has 30 heavy (non-hydrogen) atoms. The van der Waals surface area contributed by atoms with Crippen LogP contribution in [0.3, 0.4) is 0 Å². The molecule has 0 unspecified atom stereocenters. The van der Waals surface area contributed by atoms with Crippen LogP contribution in [0.4, 0.5) is 10.5 Å². The molecule has 0 radical (unpaired) electrons. The number of carbonyl (C=O) groups excluding carboxylic acids is 3. The monoisotopic (exact) mass is 527 g/mol. The fourth-order valence-electron chi connectivity index (χ4n) is 2.84. The molecular weight excluding hydrogens is 513 g/mol. The number of hydrogen-bond donors (Lipinski definition) is 0. The molecule has 2 amide bonds. The van der Waals surface area contributed by atoms with Gasteiger partial charge in [-0.1, -0.05) is 42.5 Å². The van der Waals surface area contributed by atoms with E-state index in [1.807, 2.05) is 18.2 Å². The summed E-state index contributed by atoms with van der Waals surface area (Å²) in [4.78, 5) is 38.8. The van der Waals surface area contributed by atoms with E-state index in [1.54, 1.807) is 66.7 Å². The lowest BCUT2D eigenvalue weighted by molar-refractivity contribution is -0.113. The second kappa shape index (κ2) is 8.85. The molecule has 1 fully saturated rings. The quantitative estimate of drug-likeness (QED) is 0.187. The Bertz CT molecular complexity index is 1160. The van der Waals surface area contributed by atoms with Gasteiger partial charge in [-0.25, -0.2) is 9.69 Å². The Labute approximate surface area is 190 Å². The summed E-state index contributed by atoms with van der Waals surface area (Å²) in [7, 11) is 0. The van der Waals surface area contributed by atoms with Crippen LogP contribution >= 0.6 is 34.4 Å². The zero-order valence-corrected chi connectivity index (χ0v) is 18.4. The number of ether oxygens (including phenoxy) is 1. The van der Waals surface area contributed by atoms with E-state index in [1.165, 1.54) is 0 Å². The van der Waals surface area contributed by atoms with E-state index in [0.29, 0.717) is 21.9 Å². The van der Waals surface area contributed by atoms with E-state index < -0.39 is 5.97 Å². The van der Waals surface area contributed by atoms with Crippen LogP contribution < -0.4 is 9.64 Å². The highest BCUT2D eigenvalue weighted by Crippen LogP contribution is 2.35. The van der Waals surface area contributed by atoms with Crippen LogP contribution in [0.1, 0.15) is 15.9 Å². The number of benzene rings is 3. The highest BCUT2D eigenvalue weighted by Gasteiger charge is 2.36. The van der Waals surface area contributed by atoms with Crippen molar-refractivity contribution in [2.45, 2.75) is 0 Å². The first-order valence-corrected chi connectivity index (χ1v) is 10.8. The van der Waals surface area contributed by atoms with Gasteiger partial charge >= 0.3 is 5.97 Å². The average Bonchev–Trinajstić information content (AvgIpc) is 3.03. The summed E-state index contributed by atoms with van der Waals surface area (Å²) < 4.78 is 6.23. The number of halogens is 1. The third-order valence-corrected chi connectivity index (χ3v) is 6.10. The number of esters is 1. The summed E-state index contributed by atoms with van der Waals surface area (Å²) in [5, 5.41) is -0.333. The number of amides is 2. The first kappa shape index (κ1) is 20.4.